The second-order valence-electron chi connectivity index (χ2n) is 4.37. The van der Waals surface area contributed by atoms with Crippen molar-refractivity contribution >= 4 is 9.84 Å². The Morgan fingerprint density at radius 2 is 2.18 bits per heavy atom. The van der Waals surface area contributed by atoms with E-state index in [4.69, 9.17) is 4.74 Å². The summed E-state index contributed by atoms with van der Waals surface area (Å²) in [4.78, 5) is 0.309. The van der Waals surface area contributed by atoms with Gasteiger partial charge in [0, 0.05) is 18.7 Å². The number of sulfone groups is 1. The number of hydrogen-bond acceptors (Lipinski definition) is 4. The van der Waals surface area contributed by atoms with Crippen molar-refractivity contribution in [3.05, 3.63) is 23.8 Å². The molecular formula is C12H17NO3S. The Morgan fingerprint density at radius 3 is 2.71 bits per heavy atom. The molecule has 1 atom stereocenters. The molecule has 5 heteroatoms. The lowest BCUT2D eigenvalue weighted by atomic mass is 9.97. The van der Waals surface area contributed by atoms with Gasteiger partial charge in [-0.25, -0.2) is 8.42 Å². The highest BCUT2D eigenvalue weighted by Crippen LogP contribution is 2.32. The topological polar surface area (TPSA) is 55.4 Å². The van der Waals surface area contributed by atoms with Crippen LogP contribution in [0, 0.1) is 0 Å². The highest BCUT2D eigenvalue weighted by atomic mass is 32.2. The van der Waals surface area contributed by atoms with Gasteiger partial charge in [-0.05, 0) is 30.7 Å². The Morgan fingerprint density at radius 1 is 1.41 bits per heavy atom. The van der Waals surface area contributed by atoms with Gasteiger partial charge in [-0.1, -0.05) is 6.07 Å². The molecule has 0 aromatic heterocycles. The van der Waals surface area contributed by atoms with E-state index in [1.165, 1.54) is 6.26 Å². The fourth-order valence-electron chi connectivity index (χ4n) is 2.18. The quantitative estimate of drug-likeness (QED) is 0.881. The van der Waals surface area contributed by atoms with Crippen molar-refractivity contribution in [2.75, 3.05) is 26.5 Å². The Balaban J connectivity index is 2.41. The van der Waals surface area contributed by atoms with Gasteiger partial charge < -0.3 is 10.1 Å². The van der Waals surface area contributed by atoms with Crippen molar-refractivity contribution in [1.82, 2.24) is 5.32 Å². The molecule has 0 amide bonds. The lowest BCUT2D eigenvalue weighted by Gasteiger charge is -2.14. The molecule has 1 saturated heterocycles. The fourth-order valence-corrected chi connectivity index (χ4v) is 2.82. The first-order valence-electron chi connectivity index (χ1n) is 5.61. The Hall–Kier alpha value is -1.07. The highest BCUT2D eigenvalue weighted by Gasteiger charge is 2.21. The maximum Gasteiger partial charge on any atom is 0.175 e. The van der Waals surface area contributed by atoms with Crippen LogP contribution in [0.25, 0.3) is 0 Å². The van der Waals surface area contributed by atoms with E-state index in [0.29, 0.717) is 16.6 Å². The molecule has 1 aliphatic heterocycles. The second-order valence-corrected chi connectivity index (χ2v) is 6.38. The molecule has 0 aliphatic carbocycles. The molecular weight excluding hydrogens is 238 g/mol. The monoisotopic (exact) mass is 255 g/mol. The molecule has 0 radical (unpaired) electrons. The number of rotatable bonds is 3. The van der Waals surface area contributed by atoms with Gasteiger partial charge in [0.2, 0.25) is 0 Å². The summed E-state index contributed by atoms with van der Waals surface area (Å²) in [6.07, 6.45) is 2.27. The summed E-state index contributed by atoms with van der Waals surface area (Å²) in [7, 11) is -1.59. The minimum absolute atomic E-state index is 0.309. The van der Waals surface area contributed by atoms with Gasteiger partial charge in [0.15, 0.2) is 9.84 Å². The fraction of sp³-hybridized carbons (Fsp3) is 0.500. The molecule has 4 nitrogen and oxygen atoms in total. The number of benzene rings is 1. The Labute approximate surface area is 102 Å². The van der Waals surface area contributed by atoms with Gasteiger partial charge in [-0.2, -0.15) is 0 Å². The maximum atomic E-state index is 11.5. The summed E-state index contributed by atoms with van der Waals surface area (Å²) in [5.41, 5.74) is 1.09. The molecule has 1 aliphatic rings. The van der Waals surface area contributed by atoms with Crippen LogP contribution in [0.1, 0.15) is 17.9 Å². The molecule has 1 N–H and O–H groups in total. The zero-order valence-corrected chi connectivity index (χ0v) is 10.9. The van der Waals surface area contributed by atoms with Crippen LogP contribution in [0.15, 0.2) is 23.1 Å². The van der Waals surface area contributed by atoms with Crippen LogP contribution >= 0.6 is 0 Å². The normalized spacial score (nSPS) is 20.5. The molecule has 0 spiro atoms. The van der Waals surface area contributed by atoms with Gasteiger partial charge >= 0.3 is 0 Å². The van der Waals surface area contributed by atoms with E-state index < -0.39 is 9.84 Å². The van der Waals surface area contributed by atoms with Crippen LogP contribution in [0.2, 0.25) is 0 Å². The minimum Gasteiger partial charge on any atom is -0.496 e. The molecule has 94 valence electrons. The van der Waals surface area contributed by atoms with Gasteiger partial charge in [0.1, 0.15) is 5.75 Å². The Bertz CT molecular complexity index is 504. The molecule has 1 heterocycles. The first-order valence-corrected chi connectivity index (χ1v) is 7.50. The van der Waals surface area contributed by atoms with E-state index >= 15 is 0 Å². The molecule has 1 fully saturated rings. The number of hydrogen-bond donors (Lipinski definition) is 1. The first kappa shape index (κ1) is 12.4. The maximum absolute atomic E-state index is 11.5. The molecule has 17 heavy (non-hydrogen) atoms. The van der Waals surface area contributed by atoms with Crippen molar-refractivity contribution in [1.29, 1.82) is 0 Å². The third-order valence-electron chi connectivity index (χ3n) is 3.13. The van der Waals surface area contributed by atoms with Crippen molar-refractivity contribution in [2.45, 2.75) is 17.2 Å². The molecule has 1 aromatic carbocycles. The van der Waals surface area contributed by atoms with Crippen molar-refractivity contribution < 1.29 is 13.2 Å². The van der Waals surface area contributed by atoms with Crippen molar-refractivity contribution in [3.8, 4) is 5.75 Å². The van der Waals surface area contributed by atoms with Crippen LogP contribution in [0.5, 0.6) is 5.75 Å². The van der Waals surface area contributed by atoms with Gasteiger partial charge in [0.25, 0.3) is 0 Å². The molecule has 1 aromatic rings. The largest absolute Gasteiger partial charge is 0.496 e. The lowest BCUT2D eigenvalue weighted by Crippen LogP contribution is -2.09. The van der Waals surface area contributed by atoms with E-state index in [0.717, 1.165) is 25.1 Å². The average Bonchev–Trinajstić information content (AvgIpc) is 2.80. The molecule has 0 bridgehead atoms. The zero-order valence-electron chi connectivity index (χ0n) is 10.1. The smallest absolute Gasteiger partial charge is 0.175 e. The standard InChI is InChI=1S/C12H17NO3S/c1-16-12-7-10(17(2,14)15)3-4-11(12)9-5-6-13-8-9/h3-4,7,9,13H,5-6,8H2,1-2H3. The second kappa shape index (κ2) is 4.66. The van der Waals surface area contributed by atoms with E-state index in [1.54, 1.807) is 19.2 Å². The number of ether oxygens (including phenoxy) is 1. The van der Waals surface area contributed by atoms with Crippen LogP contribution in [0.3, 0.4) is 0 Å². The summed E-state index contributed by atoms with van der Waals surface area (Å²) < 4.78 is 28.2. The van der Waals surface area contributed by atoms with Gasteiger partial charge in [0.05, 0.1) is 12.0 Å². The van der Waals surface area contributed by atoms with Crippen LogP contribution < -0.4 is 10.1 Å². The number of nitrogens with one attached hydrogen (secondary N) is 1. The predicted molar refractivity (Wildman–Crippen MR) is 66.3 cm³/mol. The van der Waals surface area contributed by atoms with E-state index in [1.807, 2.05) is 6.07 Å². The van der Waals surface area contributed by atoms with E-state index in [2.05, 4.69) is 5.32 Å². The molecule has 1 unspecified atom stereocenters. The molecule has 0 saturated carbocycles. The average molecular weight is 255 g/mol. The minimum atomic E-state index is -3.17. The van der Waals surface area contributed by atoms with Crippen LogP contribution in [0.4, 0.5) is 0 Å². The highest BCUT2D eigenvalue weighted by molar-refractivity contribution is 7.90. The summed E-state index contributed by atoms with van der Waals surface area (Å²) in [5.74, 6) is 1.08. The van der Waals surface area contributed by atoms with E-state index in [-0.39, 0.29) is 0 Å². The Kier molecular flexibility index (Phi) is 3.40. The molecule has 2 rings (SSSR count). The predicted octanol–water partition coefficient (Wildman–Crippen LogP) is 1.18. The number of methoxy groups -OCH3 is 1. The van der Waals surface area contributed by atoms with Crippen molar-refractivity contribution in [3.63, 3.8) is 0 Å². The third kappa shape index (κ3) is 2.61. The summed E-state index contributed by atoms with van der Waals surface area (Å²) in [6, 6.07) is 5.14. The summed E-state index contributed by atoms with van der Waals surface area (Å²) >= 11 is 0. The van der Waals surface area contributed by atoms with Gasteiger partial charge in [-0.15, -0.1) is 0 Å². The summed E-state index contributed by atoms with van der Waals surface area (Å²) in [5, 5.41) is 3.29. The zero-order chi connectivity index (χ0) is 12.5. The SMILES string of the molecule is COc1cc(S(C)(=O)=O)ccc1C1CCNC1. The lowest BCUT2D eigenvalue weighted by molar-refractivity contribution is 0.405. The van der Waals surface area contributed by atoms with Crippen molar-refractivity contribution in [2.24, 2.45) is 0 Å². The first-order chi connectivity index (χ1) is 8.02. The van der Waals surface area contributed by atoms with Crippen LogP contribution in [-0.4, -0.2) is 34.9 Å². The van der Waals surface area contributed by atoms with Gasteiger partial charge in [-0.3, -0.25) is 0 Å². The van der Waals surface area contributed by atoms with E-state index in [9.17, 15) is 8.42 Å². The summed E-state index contributed by atoms with van der Waals surface area (Å²) in [6.45, 7) is 1.93. The van der Waals surface area contributed by atoms with Crippen LogP contribution in [-0.2, 0) is 9.84 Å². The third-order valence-corrected chi connectivity index (χ3v) is 4.24.